The zero-order chi connectivity index (χ0) is 20.1. The number of carbonyl (C=O) groups is 2. The molecule has 0 aromatic heterocycles. The van der Waals surface area contributed by atoms with Crippen LogP contribution in [0.5, 0.6) is 0 Å². The van der Waals surface area contributed by atoms with Crippen LogP contribution >= 0.6 is 0 Å². The quantitative estimate of drug-likeness (QED) is 0.776. The van der Waals surface area contributed by atoms with Crippen LogP contribution in [0.3, 0.4) is 0 Å². The van der Waals surface area contributed by atoms with Crippen LogP contribution in [-0.2, 0) is 10.0 Å². The van der Waals surface area contributed by atoms with Crippen LogP contribution in [0.2, 0.25) is 0 Å². The van der Waals surface area contributed by atoms with Gasteiger partial charge in [0.25, 0.3) is 5.91 Å². The molecule has 28 heavy (non-hydrogen) atoms. The molecule has 1 heterocycles. The molecule has 1 aliphatic heterocycles. The number of rotatable bonds is 5. The number of ketones is 1. The standard InChI is InChI=1S/C21H24N2O4S/c1-16(24)17-9-11-19(12-10-17)22-21(25)18-7-6-8-20(15-18)28(26,27)23-13-4-2-3-5-14-23/h6-12,15H,2-5,13-14H2,1H3,(H,22,25). The molecule has 1 saturated heterocycles. The third kappa shape index (κ3) is 4.66. The SMILES string of the molecule is CC(=O)c1ccc(NC(=O)c2cccc(S(=O)(=O)N3CCCCCC3)c2)cc1. The summed E-state index contributed by atoms with van der Waals surface area (Å²) in [6, 6.07) is 12.7. The van der Waals surface area contributed by atoms with Crippen molar-refractivity contribution in [2.75, 3.05) is 18.4 Å². The number of nitrogens with zero attached hydrogens (tertiary/aromatic N) is 1. The lowest BCUT2D eigenvalue weighted by Gasteiger charge is -2.20. The Balaban J connectivity index is 1.78. The van der Waals surface area contributed by atoms with Crippen LogP contribution in [0.15, 0.2) is 53.4 Å². The highest BCUT2D eigenvalue weighted by Gasteiger charge is 2.25. The number of anilines is 1. The molecular weight excluding hydrogens is 376 g/mol. The molecular formula is C21H24N2O4S. The maximum Gasteiger partial charge on any atom is 0.255 e. The van der Waals surface area contributed by atoms with E-state index in [-0.39, 0.29) is 16.2 Å². The van der Waals surface area contributed by atoms with E-state index in [1.807, 2.05) is 0 Å². The fourth-order valence-electron chi connectivity index (χ4n) is 3.22. The first kappa shape index (κ1) is 20.2. The molecule has 0 unspecified atom stereocenters. The first-order chi connectivity index (χ1) is 13.4. The van der Waals surface area contributed by atoms with Gasteiger partial charge in [0.2, 0.25) is 10.0 Å². The Kier molecular flexibility index (Phi) is 6.26. The summed E-state index contributed by atoms with van der Waals surface area (Å²) in [5.74, 6) is -0.451. The van der Waals surface area contributed by atoms with Crippen LogP contribution in [0.4, 0.5) is 5.69 Å². The minimum absolute atomic E-state index is 0.0516. The van der Waals surface area contributed by atoms with Crippen molar-refractivity contribution < 1.29 is 18.0 Å². The van der Waals surface area contributed by atoms with Crippen molar-refractivity contribution in [1.29, 1.82) is 0 Å². The van der Waals surface area contributed by atoms with Crippen molar-refractivity contribution in [3.8, 4) is 0 Å². The van der Waals surface area contributed by atoms with Gasteiger partial charge in [-0.3, -0.25) is 9.59 Å². The van der Waals surface area contributed by atoms with Gasteiger partial charge < -0.3 is 5.32 Å². The van der Waals surface area contributed by atoms with E-state index < -0.39 is 15.9 Å². The minimum atomic E-state index is -3.61. The molecule has 0 atom stereocenters. The fraction of sp³-hybridized carbons (Fsp3) is 0.333. The molecule has 148 valence electrons. The summed E-state index contributed by atoms with van der Waals surface area (Å²) in [6.45, 7) is 2.51. The van der Waals surface area contributed by atoms with E-state index in [9.17, 15) is 18.0 Å². The summed E-state index contributed by atoms with van der Waals surface area (Å²) in [6.07, 6.45) is 3.79. The smallest absolute Gasteiger partial charge is 0.255 e. The van der Waals surface area contributed by atoms with Crippen molar-refractivity contribution in [3.63, 3.8) is 0 Å². The molecule has 1 N–H and O–H groups in total. The van der Waals surface area contributed by atoms with Crippen molar-refractivity contribution in [2.24, 2.45) is 0 Å². The van der Waals surface area contributed by atoms with E-state index in [1.165, 1.54) is 23.4 Å². The lowest BCUT2D eigenvalue weighted by atomic mass is 10.1. The zero-order valence-electron chi connectivity index (χ0n) is 15.8. The average molecular weight is 401 g/mol. The average Bonchev–Trinajstić information content (AvgIpc) is 2.98. The van der Waals surface area contributed by atoms with Gasteiger partial charge in [-0.05, 0) is 62.2 Å². The van der Waals surface area contributed by atoms with E-state index >= 15 is 0 Å². The van der Waals surface area contributed by atoms with Crippen LogP contribution in [0, 0.1) is 0 Å². The van der Waals surface area contributed by atoms with Crippen LogP contribution in [-0.4, -0.2) is 37.5 Å². The third-order valence-electron chi connectivity index (χ3n) is 4.85. The molecule has 0 spiro atoms. The maximum absolute atomic E-state index is 12.9. The summed E-state index contributed by atoms with van der Waals surface area (Å²) >= 11 is 0. The second-order valence-electron chi connectivity index (χ2n) is 6.93. The Hall–Kier alpha value is -2.51. The number of amides is 1. The number of carbonyl (C=O) groups excluding carboxylic acids is 2. The van der Waals surface area contributed by atoms with E-state index in [1.54, 1.807) is 36.4 Å². The van der Waals surface area contributed by atoms with Crippen LogP contribution in [0.25, 0.3) is 0 Å². The Bertz CT molecular complexity index is 960. The zero-order valence-corrected chi connectivity index (χ0v) is 16.7. The maximum atomic E-state index is 12.9. The molecule has 6 nitrogen and oxygen atoms in total. The second kappa shape index (κ2) is 8.67. The number of hydrogen-bond donors (Lipinski definition) is 1. The predicted octanol–water partition coefficient (Wildman–Crippen LogP) is 3.71. The molecule has 1 fully saturated rings. The molecule has 1 amide bonds. The molecule has 1 aliphatic rings. The number of hydrogen-bond acceptors (Lipinski definition) is 4. The summed E-state index contributed by atoms with van der Waals surface area (Å²) in [7, 11) is -3.61. The first-order valence-corrected chi connectivity index (χ1v) is 10.8. The molecule has 0 saturated carbocycles. The van der Waals surface area contributed by atoms with Gasteiger partial charge in [-0.25, -0.2) is 8.42 Å². The summed E-state index contributed by atoms with van der Waals surface area (Å²) < 4.78 is 27.4. The van der Waals surface area contributed by atoms with Crippen molar-refractivity contribution >= 4 is 27.4 Å². The highest BCUT2D eigenvalue weighted by molar-refractivity contribution is 7.89. The lowest BCUT2D eigenvalue weighted by Crippen LogP contribution is -2.32. The van der Waals surface area contributed by atoms with Gasteiger partial charge >= 0.3 is 0 Å². The van der Waals surface area contributed by atoms with Crippen LogP contribution < -0.4 is 5.32 Å². The molecule has 7 heteroatoms. The summed E-state index contributed by atoms with van der Waals surface area (Å²) in [5, 5.41) is 2.73. The first-order valence-electron chi connectivity index (χ1n) is 9.40. The van der Waals surface area contributed by atoms with Gasteiger partial charge in [0, 0.05) is 29.9 Å². The number of nitrogens with one attached hydrogen (secondary N) is 1. The molecule has 2 aromatic rings. The van der Waals surface area contributed by atoms with E-state index in [0.29, 0.717) is 24.3 Å². The highest BCUT2D eigenvalue weighted by atomic mass is 32.2. The van der Waals surface area contributed by atoms with E-state index in [0.717, 1.165) is 25.7 Å². The summed E-state index contributed by atoms with van der Waals surface area (Å²) in [4.78, 5) is 24.0. The van der Waals surface area contributed by atoms with Crippen LogP contribution in [0.1, 0.15) is 53.3 Å². The topological polar surface area (TPSA) is 83.5 Å². The lowest BCUT2D eigenvalue weighted by molar-refractivity contribution is 0.101. The predicted molar refractivity (Wildman–Crippen MR) is 108 cm³/mol. The number of Topliss-reactive ketones (excluding diaryl/α,β-unsaturated/α-hetero) is 1. The number of sulfonamides is 1. The van der Waals surface area contributed by atoms with Crippen molar-refractivity contribution in [3.05, 3.63) is 59.7 Å². The Labute approximate surface area is 165 Å². The fourth-order valence-corrected chi connectivity index (χ4v) is 4.78. The Morgan fingerprint density at radius 3 is 2.14 bits per heavy atom. The molecule has 3 rings (SSSR count). The molecule has 2 aromatic carbocycles. The summed E-state index contributed by atoms with van der Waals surface area (Å²) in [5.41, 5.74) is 1.37. The normalized spacial score (nSPS) is 15.6. The largest absolute Gasteiger partial charge is 0.322 e. The van der Waals surface area contributed by atoms with Crippen molar-refractivity contribution in [1.82, 2.24) is 4.31 Å². The highest BCUT2D eigenvalue weighted by Crippen LogP contribution is 2.21. The van der Waals surface area contributed by atoms with Gasteiger partial charge in [-0.2, -0.15) is 4.31 Å². The van der Waals surface area contributed by atoms with E-state index in [4.69, 9.17) is 0 Å². The molecule has 0 aliphatic carbocycles. The van der Waals surface area contributed by atoms with Gasteiger partial charge in [-0.15, -0.1) is 0 Å². The molecule has 0 bridgehead atoms. The van der Waals surface area contributed by atoms with E-state index in [2.05, 4.69) is 5.32 Å². The van der Waals surface area contributed by atoms with Gasteiger partial charge in [-0.1, -0.05) is 18.9 Å². The van der Waals surface area contributed by atoms with Crippen molar-refractivity contribution in [2.45, 2.75) is 37.5 Å². The van der Waals surface area contributed by atoms with Gasteiger partial charge in [0.05, 0.1) is 4.90 Å². The second-order valence-corrected chi connectivity index (χ2v) is 8.87. The number of benzene rings is 2. The monoisotopic (exact) mass is 400 g/mol. The van der Waals surface area contributed by atoms with Gasteiger partial charge in [0.1, 0.15) is 0 Å². The minimum Gasteiger partial charge on any atom is -0.322 e. The Morgan fingerprint density at radius 2 is 1.54 bits per heavy atom. The Morgan fingerprint density at radius 1 is 0.893 bits per heavy atom. The molecule has 0 radical (unpaired) electrons. The third-order valence-corrected chi connectivity index (χ3v) is 6.74. The van der Waals surface area contributed by atoms with Gasteiger partial charge in [0.15, 0.2) is 5.78 Å².